The molecule has 0 aromatic rings. The molecule has 0 saturated carbocycles. The number of primary amides is 1. The van der Waals surface area contributed by atoms with Crippen LogP contribution in [0.4, 0.5) is 0 Å². The van der Waals surface area contributed by atoms with Crippen molar-refractivity contribution in [1.29, 1.82) is 0 Å². The van der Waals surface area contributed by atoms with E-state index >= 15 is 0 Å². The van der Waals surface area contributed by atoms with Crippen LogP contribution in [0, 0.1) is 0 Å². The molecule has 0 aliphatic carbocycles. The second-order valence-electron chi connectivity index (χ2n) is 3.55. The maximum atomic E-state index is 10.9. The van der Waals surface area contributed by atoms with Crippen molar-refractivity contribution in [2.24, 2.45) is 5.73 Å². The van der Waals surface area contributed by atoms with Crippen molar-refractivity contribution in [2.45, 2.75) is 45.1 Å². The summed E-state index contributed by atoms with van der Waals surface area (Å²) in [4.78, 5) is 21.3. The molecule has 0 aromatic heterocycles. The fraction of sp³-hybridized carbons (Fsp3) is 0.800. The number of nitrogens with one attached hydrogen (secondary N) is 1. The molecule has 1 atom stereocenters. The van der Waals surface area contributed by atoms with Crippen molar-refractivity contribution in [3.63, 3.8) is 0 Å². The second kappa shape index (κ2) is 10.4. The summed E-state index contributed by atoms with van der Waals surface area (Å²) in [5.74, 6) is -1.38. The Morgan fingerprint density at radius 2 is 2.00 bits per heavy atom. The van der Waals surface area contributed by atoms with Crippen molar-refractivity contribution < 1.29 is 14.7 Å². The van der Waals surface area contributed by atoms with Gasteiger partial charge in [0.05, 0.1) is 6.04 Å². The van der Waals surface area contributed by atoms with Crippen molar-refractivity contribution in [3.8, 4) is 0 Å². The first kappa shape index (κ1) is 17.3. The molecule has 0 aliphatic heterocycles. The molecule has 0 rings (SSSR count). The van der Waals surface area contributed by atoms with Crippen LogP contribution < -0.4 is 17.2 Å². The number of aliphatic carboxylic acids is 1. The van der Waals surface area contributed by atoms with Crippen molar-refractivity contribution in [3.05, 3.63) is 0 Å². The van der Waals surface area contributed by atoms with Gasteiger partial charge in [0.25, 0.3) is 0 Å². The fourth-order valence-corrected chi connectivity index (χ4v) is 1.26. The summed E-state index contributed by atoms with van der Waals surface area (Å²) in [5.41, 5.74) is 5.14. The van der Waals surface area contributed by atoms with E-state index in [1.54, 1.807) is 0 Å². The molecule has 0 aliphatic rings. The minimum atomic E-state index is -0.906. The van der Waals surface area contributed by atoms with Crippen LogP contribution in [-0.2, 0) is 9.59 Å². The number of unbranched alkanes of at least 4 members (excludes halogenated alkanes) is 2. The number of nitrogens with two attached hydrogens (primary N) is 1. The van der Waals surface area contributed by atoms with E-state index in [0.29, 0.717) is 6.54 Å². The molecular weight excluding hydrogens is 210 g/mol. The van der Waals surface area contributed by atoms with E-state index in [2.05, 4.69) is 12.2 Å². The van der Waals surface area contributed by atoms with Crippen LogP contribution in [-0.4, -0.2) is 29.6 Å². The highest BCUT2D eigenvalue weighted by atomic mass is 16.4. The van der Waals surface area contributed by atoms with Crippen LogP contribution in [0.3, 0.4) is 0 Å². The van der Waals surface area contributed by atoms with Gasteiger partial charge in [-0.25, -0.2) is 0 Å². The monoisotopic (exact) mass is 233 g/mol. The maximum absolute atomic E-state index is 10.9. The lowest BCUT2D eigenvalue weighted by molar-refractivity contribution is -0.137. The molecule has 1 unspecified atom stereocenters. The largest absolute Gasteiger partial charge is 0.481 e. The number of carbonyl (C=O) groups excluding carboxylic acids is 1. The predicted molar refractivity (Wildman–Crippen MR) is 62.4 cm³/mol. The van der Waals surface area contributed by atoms with E-state index in [0.717, 1.165) is 19.3 Å². The third-order valence-corrected chi connectivity index (χ3v) is 2.16. The molecule has 0 saturated heterocycles. The molecule has 0 aromatic carbocycles. The number of carboxylic acid groups (broad SMARTS) is 1. The molecular formula is C10H23N3O3. The molecule has 7 N–H and O–H groups in total. The van der Waals surface area contributed by atoms with Gasteiger partial charge in [-0.1, -0.05) is 19.8 Å². The zero-order chi connectivity index (χ0) is 11.7. The van der Waals surface area contributed by atoms with E-state index in [1.165, 1.54) is 0 Å². The van der Waals surface area contributed by atoms with Crippen LogP contribution in [0.5, 0.6) is 0 Å². The smallest absolute Gasteiger partial charge is 0.303 e. The van der Waals surface area contributed by atoms with Gasteiger partial charge in [-0.2, -0.15) is 0 Å². The maximum Gasteiger partial charge on any atom is 0.303 e. The molecule has 0 fully saturated rings. The van der Waals surface area contributed by atoms with Gasteiger partial charge in [0, 0.05) is 6.42 Å². The topological polar surface area (TPSA) is 127 Å². The molecule has 0 heterocycles. The van der Waals surface area contributed by atoms with E-state index in [4.69, 9.17) is 10.8 Å². The van der Waals surface area contributed by atoms with Crippen molar-refractivity contribution >= 4 is 11.9 Å². The minimum Gasteiger partial charge on any atom is -0.481 e. The van der Waals surface area contributed by atoms with Gasteiger partial charge in [-0.15, -0.1) is 0 Å². The lowest BCUT2D eigenvalue weighted by Crippen LogP contribution is -2.42. The number of hydrogen-bond donors (Lipinski definition) is 4. The zero-order valence-electron chi connectivity index (χ0n) is 9.87. The third-order valence-electron chi connectivity index (χ3n) is 2.16. The van der Waals surface area contributed by atoms with Crippen molar-refractivity contribution in [2.75, 3.05) is 6.54 Å². The lowest BCUT2D eigenvalue weighted by atomic mass is 10.1. The van der Waals surface area contributed by atoms with Crippen LogP contribution in [0.1, 0.15) is 39.0 Å². The quantitative estimate of drug-likeness (QED) is 0.435. The summed E-state index contributed by atoms with van der Waals surface area (Å²) in [5, 5.41) is 11.4. The average Bonchev–Trinajstić information content (AvgIpc) is 2.15. The summed E-state index contributed by atoms with van der Waals surface area (Å²) < 4.78 is 0. The Kier molecular flexibility index (Phi) is 11.2. The van der Waals surface area contributed by atoms with E-state index in [1.807, 2.05) is 0 Å². The first-order valence-corrected chi connectivity index (χ1v) is 5.32. The highest BCUT2D eigenvalue weighted by molar-refractivity contribution is 5.80. The van der Waals surface area contributed by atoms with Crippen LogP contribution in [0.25, 0.3) is 0 Å². The molecule has 6 nitrogen and oxygen atoms in total. The van der Waals surface area contributed by atoms with Gasteiger partial charge in [-0.3, -0.25) is 9.59 Å². The van der Waals surface area contributed by atoms with Crippen LogP contribution in [0.2, 0.25) is 0 Å². The first-order chi connectivity index (χ1) is 7.07. The lowest BCUT2D eigenvalue weighted by Gasteiger charge is -2.13. The van der Waals surface area contributed by atoms with Gasteiger partial charge in [0.2, 0.25) is 5.91 Å². The Bertz CT molecular complexity index is 209. The third kappa shape index (κ3) is 9.42. The molecule has 1 amide bonds. The SMILES string of the molecule is CCCCCNC(CCC(=O)O)C(N)=O.N. The van der Waals surface area contributed by atoms with Gasteiger partial charge < -0.3 is 22.3 Å². The minimum absolute atomic E-state index is 0. The van der Waals surface area contributed by atoms with Crippen LogP contribution >= 0.6 is 0 Å². The Balaban J connectivity index is 0. The summed E-state index contributed by atoms with van der Waals surface area (Å²) in [6.45, 7) is 2.80. The Morgan fingerprint density at radius 1 is 1.38 bits per heavy atom. The molecule has 0 radical (unpaired) electrons. The van der Waals surface area contributed by atoms with Crippen molar-refractivity contribution in [1.82, 2.24) is 11.5 Å². The Hall–Kier alpha value is -1.14. The molecule has 96 valence electrons. The fourth-order valence-electron chi connectivity index (χ4n) is 1.26. The van der Waals surface area contributed by atoms with Gasteiger partial charge in [0.1, 0.15) is 0 Å². The summed E-state index contributed by atoms with van der Waals surface area (Å²) in [7, 11) is 0. The van der Waals surface area contributed by atoms with E-state index < -0.39 is 17.9 Å². The first-order valence-electron chi connectivity index (χ1n) is 5.32. The number of carbonyl (C=O) groups is 2. The average molecular weight is 233 g/mol. The molecule has 0 spiro atoms. The number of carboxylic acids is 1. The zero-order valence-corrected chi connectivity index (χ0v) is 9.87. The normalized spacial score (nSPS) is 11.6. The van der Waals surface area contributed by atoms with Crippen LogP contribution in [0.15, 0.2) is 0 Å². The van der Waals surface area contributed by atoms with Gasteiger partial charge >= 0.3 is 5.97 Å². The highest BCUT2D eigenvalue weighted by Crippen LogP contribution is 1.98. The Labute approximate surface area is 96.2 Å². The highest BCUT2D eigenvalue weighted by Gasteiger charge is 2.15. The predicted octanol–water partition coefficient (Wildman–Crippen LogP) is 0.647. The number of amides is 1. The summed E-state index contributed by atoms with van der Waals surface area (Å²) >= 11 is 0. The summed E-state index contributed by atoms with van der Waals surface area (Å²) in [6, 6.07) is -0.516. The molecule has 0 bridgehead atoms. The van der Waals surface area contributed by atoms with Gasteiger partial charge in [0.15, 0.2) is 0 Å². The molecule has 16 heavy (non-hydrogen) atoms. The standard InChI is InChI=1S/C10H20N2O3.H3N/c1-2-3-4-7-12-8(10(11)15)5-6-9(13)14;/h8,12H,2-7H2,1H3,(H2,11,15)(H,13,14);1H3. The van der Waals surface area contributed by atoms with E-state index in [9.17, 15) is 9.59 Å². The number of hydrogen-bond acceptors (Lipinski definition) is 4. The summed E-state index contributed by atoms with van der Waals surface area (Å²) in [6.07, 6.45) is 3.41. The number of rotatable bonds is 9. The van der Waals surface area contributed by atoms with Gasteiger partial charge in [-0.05, 0) is 19.4 Å². The second-order valence-corrected chi connectivity index (χ2v) is 3.55. The Morgan fingerprint density at radius 3 is 2.44 bits per heavy atom. The molecule has 6 heteroatoms. The van der Waals surface area contributed by atoms with E-state index in [-0.39, 0.29) is 19.0 Å².